The van der Waals surface area contributed by atoms with Crippen LogP contribution in [0.5, 0.6) is 0 Å². The molecule has 7 heteroatoms. The van der Waals surface area contributed by atoms with Gasteiger partial charge in [0.05, 0.1) is 6.26 Å². The van der Waals surface area contributed by atoms with E-state index in [1.54, 1.807) is 24.5 Å². The third kappa shape index (κ3) is 2.97. The fourth-order valence-corrected chi connectivity index (χ4v) is 1.95. The molecule has 3 heterocycles. The van der Waals surface area contributed by atoms with Crippen molar-refractivity contribution < 1.29 is 13.7 Å². The summed E-state index contributed by atoms with van der Waals surface area (Å²) in [7, 11) is 0. The molecule has 2 aromatic heterocycles. The number of carbonyl (C=O) groups excluding carboxylic acids is 1. The first-order chi connectivity index (χ1) is 8.83. The lowest BCUT2D eigenvalue weighted by Crippen LogP contribution is -2.36. The zero-order valence-electron chi connectivity index (χ0n) is 10.1. The topological polar surface area (TPSA) is 80.3 Å². The number of carbonyl (C=O) groups is 1. The third-order valence-corrected chi connectivity index (χ3v) is 2.90. The average Bonchev–Trinajstić information content (AvgIpc) is 3.11. The van der Waals surface area contributed by atoms with Crippen molar-refractivity contribution in [3.05, 3.63) is 30.2 Å². The van der Waals surface area contributed by atoms with Crippen molar-refractivity contribution in [2.75, 3.05) is 13.1 Å². The van der Waals surface area contributed by atoms with E-state index in [1.165, 1.54) is 0 Å². The SMILES string of the molecule is Cl.O=C(NC1CCNC1)c1cc(-c2ccco2)on1. The molecule has 0 radical (unpaired) electrons. The Morgan fingerprint density at radius 3 is 3.05 bits per heavy atom. The molecule has 0 aliphatic carbocycles. The molecule has 1 atom stereocenters. The highest BCUT2D eigenvalue weighted by molar-refractivity contribution is 5.93. The molecule has 0 saturated carbocycles. The van der Waals surface area contributed by atoms with E-state index in [9.17, 15) is 4.79 Å². The van der Waals surface area contributed by atoms with Crippen molar-refractivity contribution >= 4 is 18.3 Å². The van der Waals surface area contributed by atoms with Gasteiger partial charge in [0.1, 0.15) is 0 Å². The lowest BCUT2D eigenvalue weighted by molar-refractivity contribution is 0.0931. The van der Waals surface area contributed by atoms with Crippen molar-refractivity contribution in [1.29, 1.82) is 0 Å². The number of nitrogens with zero attached hydrogens (tertiary/aromatic N) is 1. The van der Waals surface area contributed by atoms with Gasteiger partial charge in [-0.25, -0.2) is 0 Å². The number of hydrogen-bond donors (Lipinski definition) is 2. The van der Waals surface area contributed by atoms with E-state index in [-0.39, 0.29) is 30.0 Å². The fourth-order valence-electron chi connectivity index (χ4n) is 1.95. The van der Waals surface area contributed by atoms with Crippen LogP contribution in [0.25, 0.3) is 11.5 Å². The van der Waals surface area contributed by atoms with Crippen LogP contribution < -0.4 is 10.6 Å². The first-order valence-electron chi connectivity index (χ1n) is 5.85. The van der Waals surface area contributed by atoms with Gasteiger partial charge in [-0.2, -0.15) is 0 Å². The second-order valence-electron chi connectivity index (χ2n) is 4.22. The number of aromatic nitrogens is 1. The average molecular weight is 284 g/mol. The van der Waals surface area contributed by atoms with Gasteiger partial charge in [0.15, 0.2) is 11.5 Å². The van der Waals surface area contributed by atoms with Gasteiger partial charge in [-0.1, -0.05) is 5.16 Å². The van der Waals surface area contributed by atoms with Gasteiger partial charge in [-0.15, -0.1) is 12.4 Å². The zero-order valence-corrected chi connectivity index (χ0v) is 10.9. The maximum Gasteiger partial charge on any atom is 0.273 e. The van der Waals surface area contributed by atoms with Crippen LogP contribution in [0, 0.1) is 0 Å². The minimum atomic E-state index is -0.217. The van der Waals surface area contributed by atoms with Crippen LogP contribution >= 0.6 is 12.4 Å². The van der Waals surface area contributed by atoms with Gasteiger partial charge >= 0.3 is 0 Å². The molecule has 1 fully saturated rings. The first kappa shape index (κ1) is 13.6. The quantitative estimate of drug-likeness (QED) is 0.891. The van der Waals surface area contributed by atoms with E-state index in [1.807, 2.05) is 0 Å². The van der Waals surface area contributed by atoms with E-state index in [0.717, 1.165) is 19.5 Å². The number of halogens is 1. The first-order valence-corrected chi connectivity index (χ1v) is 5.85. The summed E-state index contributed by atoms with van der Waals surface area (Å²) in [5.74, 6) is 0.795. The normalized spacial score (nSPS) is 18.0. The van der Waals surface area contributed by atoms with Gasteiger partial charge < -0.3 is 19.6 Å². The lowest BCUT2D eigenvalue weighted by Gasteiger charge is -2.08. The highest BCUT2D eigenvalue weighted by atomic mass is 35.5. The molecular weight excluding hydrogens is 270 g/mol. The molecular formula is C12H14ClN3O3. The van der Waals surface area contributed by atoms with Crippen molar-refractivity contribution in [2.45, 2.75) is 12.5 Å². The summed E-state index contributed by atoms with van der Waals surface area (Å²) >= 11 is 0. The Labute approximate surface area is 115 Å². The molecule has 102 valence electrons. The smallest absolute Gasteiger partial charge is 0.273 e. The van der Waals surface area contributed by atoms with Crippen LogP contribution in [0.15, 0.2) is 33.4 Å². The Kier molecular flexibility index (Phi) is 4.24. The van der Waals surface area contributed by atoms with Crippen LogP contribution in [0.1, 0.15) is 16.9 Å². The molecule has 1 aliphatic heterocycles. The monoisotopic (exact) mass is 283 g/mol. The maximum atomic E-state index is 11.9. The summed E-state index contributed by atoms with van der Waals surface area (Å²) < 4.78 is 10.2. The summed E-state index contributed by atoms with van der Waals surface area (Å²) in [5.41, 5.74) is 0.272. The summed E-state index contributed by atoms with van der Waals surface area (Å²) in [5, 5.41) is 9.83. The molecule has 0 aromatic carbocycles. The van der Waals surface area contributed by atoms with Crippen LogP contribution in [0.3, 0.4) is 0 Å². The van der Waals surface area contributed by atoms with E-state index in [2.05, 4.69) is 15.8 Å². The molecule has 1 amide bonds. The highest BCUT2D eigenvalue weighted by Crippen LogP contribution is 2.20. The van der Waals surface area contributed by atoms with Crippen LogP contribution in [0.2, 0.25) is 0 Å². The lowest BCUT2D eigenvalue weighted by atomic mass is 10.2. The number of hydrogen-bond acceptors (Lipinski definition) is 5. The molecule has 2 N–H and O–H groups in total. The minimum absolute atomic E-state index is 0. The highest BCUT2D eigenvalue weighted by Gasteiger charge is 2.20. The second-order valence-corrected chi connectivity index (χ2v) is 4.22. The Morgan fingerprint density at radius 2 is 2.37 bits per heavy atom. The van der Waals surface area contributed by atoms with Crippen molar-refractivity contribution in [2.24, 2.45) is 0 Å². The van der Waals surface area contributed by atoms with Crippen molar-refractivity contribution in [1.82, 2.24) is 15.8 Å². The van der Waals surface area contributed by atoms with E-state index in [0.29, 0.717) is 11.5 Å². The molecule has 3 rings (SSSR count). The second kappa shape index (κ2) is 5.90. The van der Waals surface area contributed by atoms with E-state index in [4.69, 9.17) is 8.94 Å². The minimum Gasteiger partial charge on any atom is -0.461 e. The van der Waals surface area contributed by atoms with Gasteiger partial charge in [0.2, 0.25) is 5.76 Å². The fraction of sp³-hybridized carbons (Fsp3) is 0.333. The van der Waals surface area contributed by atoms with Gasteiger partial charge in [-0.05, 0) is 25.1 Å². The molecule has 1 aliphatic rings. The number of furan rings is 1. The Bertz CT molecular complexity index is 532. The summed E-state index contributed by atoms with van der Waals surface area (Å²) in [6, 6.07) is 5.25. The molecule has 0 bridgehead atoms. The molecule has 2 aromatic rings. The molecule has 1 unspecified atom stereocenters. The number of amides is 1. The van der Waals surface area contributed by atoms with E-state index < -0.39 is 0 Å². The summed E-state index contributed by atoms with van der Waals surface area (Å²) in [4.78, 5) is 11.9. The third-order valence-electron chi connectivity index (χ3n) is 2.90. The summed E-state index contributed by atoms with van der Waals surface area (Å²) in [6.07, 6.45) is 2.48. The molecule has 19 heavy (non-hydrogen) atoms. The van der Waals surface area contributed by atoms with Crippen molar-refractivity contribution in [3.8, 4) is 11.5 Å². The Hall–Kier alpha value is -1.79. The molecule has 0 spiro atoms. The summed E-state index contributed by atoms with van der Waals surface area (Å²) in [6.45, 7) is 1.73. The van der Waals surface area contributed by atoms with Gasteiger partial charge in [0.25, 0.3) is 5.91 Å². The molecule has 1 saturated heterocycles. The van der Waals surface area contributed by atoms with Crippen LogP contribution in [-0.2, 0) is 0 Å². The van der Waals surface area contributed by atoms with Crippen molar-refractivity contribution in [3.63, 3.8) is 0 Å². The maximum absolute atomic E-state index is 11.9. The zero-order chi connectivity index (χ0) is 12.4. The Morgan fingerprint density at radius 1 is 1.47 bits per heavy atom. The van der Waals surface area contributed by atoms with Gasteiger partial charge in [0, 0.05) is 18.7 Å². The van der Waals surface area contributed by atoms with Crippen LogP contribution in [-0.4, -0.2) is 30.2 Å². The number of rotatable bonds is 3. The van der Waals surface area contributed by atoms with Gasteiger partial charge in [-0.3, -0.25) is 4.79 Å². The van der Waals surface area contributed by atoms with E-state index >= 15 is 0 Å². The standard InChI is InChI=1S/C12H13N3O3.ClH/c16-12(14-8-3-4-13-7-8)9-6-11(18-15-9)10-2-1-5-17-10;/h1-2,5-6,8,13H,3-4,7H2,(H,14,16);1H. The number of nitrogens with one attached hydrogen (secondary N) is 2. The predicted molar refractivity (Wildman–Crippen MR) is 70.2 cm³/mol. The van der Waals surface area contributed by atoms with Crippen LogP contribution in [0.4, 0.5) is 0 Å². The largest absolute Gasteiger partial charge is 0.461 e. The Balaban J connectivity index is 0.00000133. The predicted octanol–water partition coefficient (Wildman–Crippen LogP) is 1.45. The molecule has 6 nitrogen and oxygen atoms in total.